The Morgan fingerprint density at radius 2 is 2.04 bits per heavy atom. The number of rotatable bonds is 3. The van der Waals surface area contributed by atoms with Gasteiger partial charge in [0.05, 0.1) is 18.3 Å². The Bertz CT molecular complexity index is 734. The van der Waals surface area contributed by atoms with Crippen LogP contribution in [0, 0.1) is 5.82 Å². The van der Waals surface area contributed by atoms with Crippen LogP contribution in [-0.4, -0.2) is 33.9 Å². The lowest BCUT2D eigenvalue weighted by Gasteiger charge is -2.36. The minimum Gasteiger partial charge on any atom is -0.368 e. The number of likely N-dealkylation sites (tertiary alicyclic amines) is 1. The van der Waals surface area contributed by atoms with E-state index in [0.717, 1.165) is 30.4 Å². The quantitative estimate of drug-likeness (QED) is 0.896. The Labute approximate surface area is 139 Å². The van der Waals surface area contributed by atoms with Crippen molar-refractivity contribution < 1.29 is 9.18 Å². The Balaban J connectivity index is 2.06. The normalized spacial score (nSPS) is 17.8. The highest BCUT2D eigenvalue weighted by atomic mass is 19.1. The first kappa shape index (κ1) is 16.3. The summed E-state index contributed by atoms with van der Waals surface area (Å²) in [6.45, 7) is 0.608. The first-order valence-corrected chi connectivity index (χ1v) is 7.98. The van der Waals surface area contributed by atoms with Gasteiger partial charge >= 0.3 is 0 Å². The summed E-state index contributed by atoms with van der Waals surface area (Å²) in [5.74, 6) is -0.266. The zero-order valence-corrected chi connectivity index (χ0v) is 13.3. The van der Waals surface area contributed by atoms with Crippen LogP contribution in [0.2, 0.25) is 0 Å². The first-order chi connectivity index (χ1) is 11.6. The maximum Gasteiger partial charge on any atom is 0.236 e. The third-order valence-corrected chi connectivity index (χ3v) is 4.31. The topological polar surface area (TPSA) is 98.1 Å². The molecule has 1 aromatic carbocycles. The smallest absolute Gasteiger partial charge is 0.236 e. The molecule has 0 spiro atoms. The monoisotopic (exact) mass is 329 g/mol. The Kier molecular flexibility index (Phi) is 4.71. The summed E-state index contributed by atoms with van der Waals surface area (Å²) >= 11 is 0. The van der Waals surface area contributed by atoms with Crippen molar-refractivity contribution >= 4 is 11.9 Å². The van der Waals surface area contributed by atoms with Gasteiger partial charge in [0, 0.05) is 18.3 Å². The summed E-state index contributed by atoms with van der Waals surface area (Å²) in [6, 6.07) is 5.93. The number of hydrogen-bond acceptors (Lipinski definition) is 5. The summed E-state index contributed by atoms with van der Waals surface area (Å²) in [5, 5.41) is 0. The van der Waals surface area contributed by atoms with Crippen LogP contribution in [0.3, 0.4) is 0 Å². The molecule has 1 aromatic heterocycles. The van der Waals surface area contributed by atoms with Crippen molar-refractivity contribution in [1.82, 2.24) is 14.9 Å². The number of carbonyl (C=O) groups excluding carboxylic acids is 1. The van der Waals surface area contributed by atoms with E-state index in [9.17, 15) is 9.18 Å². The van der Waals surface area contributed by atoms with Gasteiger partial charge in [-0.05, 0) is 37.0 Å². The molecule has 4 N–H and O–H groups in total. The summed E-state index contributed by atoms with van der Waals surface area (Å²) in [7, 11) is 0. The predicted molar refractivity (Wildman–Crippen MR) is 89.2 cm³/mol. The van der Waals surface area contributed by atoms with Gasteiger partial charge in [-0.25, -0.2) is 14.4 Å². The second-order valence-corrected chi connectivity index (χ2v) is 5.84. The van der Waals surface area contributed by atoms with Crippen molar-refractivity contribution in [1.29, 1.82) is 0 Å². The van der Waals surface area contributed by atoms with E-state index in [2.05, 4.69) is 9.97 Å². The molecule has 1 saturated heterocycles. The van der Waals surface area contributed by atoms with E-state index in [1.54, 1.807) is 23.2 Å². The van der Waals surface area contributed by atoms with Crippen molar-refractivity contribution in [3.05, 3.63) is 42.0 Å². The molecule has 3 rings (SSSR count). The molecule has 24 heavy (non-hydrogen) atoms. The molecule has 6 nitrogen and oxygen atoms in total. The lowest BCUT2D eigenvalue weighted by Crippen LogP contribution is -2.42. The lowest BCUT2D eigenvalue weighted by molar-refractivity contribution is -0.133. The highest BCUT2D eigenvalue weighted by Crippen LogP contribution is 2.35. The molecule has 7 heteroatoms. The molecule has 1 amide bonds. The van der Waals surface area contributed by atoms with E-state index >= 15 is 0 Å². The summed E-state index contributed by atoms with van der Waals surface area (Å²) < 4.78 is 13.2. The first-order valence-electron chi connectivity index (χ1n) is 7.98. The molecule has 1 atom stereocenters. The molecule has 0 unspecified atom stereocenters. The van der Waals surface area contributed by atoms with E-state index in [0.29, 0.717) is 12.2 Å². The summed E-state index contributed by atoms with van der Waals surface area (Å²) in [6.07, 6.45) is 4.35. The van der Waals surface area contributed by atoms with Crippen LogP contribution in [0.4, 0.5) is 10.3 Å². The van der Waals surface area contributed by atoms with Crippen LogP contribution in [0.15, 0.2) is 30.5 Å². The van der Waals surface area contributed by atoms with Crippen LogP contribution < -0.4 is 11.5 Å². The average molecular weight is 329 g/mol. The number of carbonyl (C=O) groups is 1. The van der Waals surface area contributed by atoms with Crippen LogP contribution in [0.25, 0.3) is 11.1 Å². The van der Waals surface area contributed by atoms with Gasteiger partial charge in [0.15, 0.2) is 0 Å². The van der Waals surface area contributed by atoms with Crippen LogP contribution in [-0.2, 0) is 4.79 Å². The minimum absolute atomic E-state index is 0.0387. The molecule has 1 aliphatic heterocycles. The van der Waals surface area contributed by atoms with Crippen LogP contribution in [0.5, 0.6) is 0 Å². The SMILES string of the molecule is NCC(=O)N1CCCC[C@@H]1c1nc(N)ncc1-c1ccc(F)cc1. The summed E-state index contributed by atoms with van der Waals surface area (Å²) in [5.41, 5.74) is 13.6. The molecule has 2 aromatic rings. The molecular formula is C17H20FN5O. The standard InChI is InChI=1S/C17H20FN5O/c18-12-6-4-11(5-7-12)13-10-21-17(20)22-16(13)14-3-1-2-8-23(14)15(24)9-19/h4-7,10,14H,1-3,8-9,19H2,(H2,20,21,22)/t14-/m1/s1. The predicted octanol–water partition coefficient (Wildman–Crippen LogP) is 1.88. The molecule has 126 valence electrons. The second kappa shape index (κ2) is 6.92. The third kappa shape index (κ3) is 3.21. The molecule has 2 heterocycles. The van der Waals surface area contributed by atoms with Crippen molar-refractivity contribution in [2.24, 2.45) is 5.73 Å². The van der Waals surface area contributed by atoms with Gasteiger partial charge in [0.25, 0.3) is 0 Å². The van der Waals surface area contributed by atoms with Gasteiger partial charge in [-0.2, -0.15) is 0 Å². The van der Waals surface area contributed by atoms with Crippen molar-refractivity contribution in [2.45, 2.75) is 25.3 Å². The zero-order valence-electron chi connectivity index (χ0n) is 13.3. The largest absolute Gasteiger partial charge is 0.368 e. The van der Waals surface area contributed by atoms with Gasteiger partial charge in [0.1, 0.15) is 5.82 Å². The maximum atomic E-state index is 13.2. The van der Waals surface area contributed by atoms with Gasteiger partial charge < -0.3 is 16.4 Å². The number of aromatic nitrogens is 2. The van der Waals surface area contributed by atoms with Gasteiger partial charge in [-0.3, -0.25) is 4.79 Å². The molecular weight excluding hydrogens is 309 g/mol. The molecule has 0 radical (unpaired) electrons. The van der Waals surface area contributed by atoms with Gasteiger partial charge in [0.2, 0.25) is 11.9 Å². The number of hydrogen-bond donors (Lipinski definition) is 2. The van der Waals surface area contributed by atoms with Gasteiger partial charge in [-0.15, -0.1) is 0 Å². The fourth-order valence-corrected chi connectivity index (χ4v) is 3.15. The van der Waals surface area contributed by atoms with Crippen molar-refractivity contribution in [3.63, 3.8) is 0 Å². The minimum atomic E-state index is -0.311. The Morgan fingerprint density at radius 1 is 1.29 bits per heavy atom. The fraction of sp³-hybridized carbons (Fsp3) is 0.353. The van der Waals surface area contributed by atoms with E-state index in [1.807, 2.05) is 0 Å². The zero-order chi connectivity index (χ0) is 17.1. The van der Waals surface area contributed by atoms with E-state index in [-0.39, 0.29) is 30.3 Å². The summed E-state index contributed by atoms with van der Waals surface area (Å²) in [4.78, 5) is 22.4. The number of halogens is 1. The number of nitrogens with two attached hydrogens (primary N) is 2. The van der Waals surface area contributed by atoms with E-state index in [1.165, 1.54) is 12.1 Å². The third-order valence-electron chi connectivity index (χ3n) is 4.31. The molecule has 0 aliphatic carbocycles. The van der Waals surface area contributed by atoms with Crippen molar-refractivity contribution in [3.8, 4) is 11.1 Å². The molecule has 1 aliphatic rings. The van der Waals surface area contributed by atoms with E-state index < -0.39 is 0 Å². The molecule has 0 bridgehead atoms. The molecule has 1 fully saturated rings. The number of piperidine rings is 1. The highest BCUT2D eigenvalue weighted by molar-refractivity contribution is 5.79. The average Bonchev–Trinajstić information content (AvgIpc) is 2.62. The second-order valence-electron chi connectivity index (χ2n) is 5.84. The van der Waals surface area contributed by atoms with Crippen molar-refractivity contribution in [2.75, 3.05) is 18.8 Å². The maximum absolute atomic E-state index is 13.2. The fourth-order valence-electron chi connectivity index (χ4n) is 3.15. The van der Waals surface area contributed by atoms with Crippen LogP contribution in [0.1, 0.15) is 31.0 Å². The number of nitrogens with zero attached hydrogens (tertiary/aromatic N) is 3. The van der Waals surface area contributed by atoms with Crippen LogP contribution >= 0.6 is 0 Å². The highest BCUT2D eigenvalue weighted by Gasteiger charge is 2.30. The number of benzene rings is 1. The van der Waals surface area contributed by atoms with E-state index in [4.69, 9.17) is 11.5 Å². The Morgan fingerprint density at radius 3 is 2.75 bits per heavy atom. The molecule has 0 saturated carbocycles. The number of anilines is 1. The van der Waals surface area contributed by atoms with Gasteiger partial charge in [-0.1, -0.05) is 12.1 Å². The number of nitrogen functional groups attached to an aromatic ring is 1. The lowest BCUT2D eigenvalue weighted by atomic mass is 9.93. The Hall–Kier alpha value is -2.54. The number of amides is 1.